The Bertz CT molecular complexity index is 701. The molecule has 0 aliphatic rings. The highest BCUT2D eigenvalue weighted by Crippen LogP contribution is 2.23. The number of hydrogen-bond acceptors (Lipinski definition) is 4. The van der Waals surface area contributed by atoms with Gasteiger partial charge in [-0.05, 0) is 43.7 Å². The molecule has 2 aromatic rings. The van der Waals surface area contributed by atoms with E-state index in [1.54, 1.807) is 13.2 Å². The molecule has 1 amide bonds. The number of ether oxygens (including phenoxy) is 1. The maximum absolute atomic E-state index is 12.2. The van der Waals surface area contributed by atoms with E-state index in [4.69, 9.17) is 4.74 Å². The Hall–Kier alpha value is -2.53. The maximum Gasteiger partial charge on any atom is 0.226 e. The predicted molar refractivity (Wildman–Crippen MR) is 96.4 cm³/mol. The van der Waals surface area contributed by atoms with E-state index in [-0.39, 0.29) is 18.6 Å². The van der Waals surface area contributed by atoms with Crippen molar-refractivity contribution in [1.29, 1.82) is 0 Å². The lowest BCUT2D eigenvalue weighted by molar-refractivity contribution is -0.116. The highest BCUT2D eigenvalue weighted by molar-refractivity contribution is 5.92. The van der Waals surface area contributed by atoms with Crippen LogP contribution in [0.4, 0.5) is 11.4 Å². The van der Waals surface area contributed by atoms with E-state index in [0.29, 0.717) is 17.7 Å². The van der Waals surface area contributed by atoms with Crippen molar-refractivity contribution in [3.05, 3.63) is 53.6 Å². The molecular weight excluding hydrogens is 304 g/mol. The van der Waals surface area contributed by atoms with Crippen LogP contribution in [-0.4, -0.2) is 24.2 Å². The zero-order valence-electron chi connectivity index (χ0n) is 14.3. The molecule has 0 aliphatic carbocycles. The summed E-state index contributed by atoms with van der Waals surface area (Å²) in [4.78, 5) is 12.2. The highest BCUT2D eigenvalue weighted by Gasteiger charge is 2.11. The van der Waals surface area contributed by atoms with Crippen molar-refractivity contribution in [3.63, 3.8) is 0 Å². The van der Waals surface area contributed by atoms with E-state index in [2.05, 4.69) is 10.6 Å². The fourth-order valence-corrected chi connectivity index (χ4v) is 2.52. The first-order valence-electron chi connectivity index (χ1n) is 7.93. The molecule has 0 saturated heterocycles. The number of aliphatic hydroxyl groups excluding tert-OH is 1. The number of amides is 1. The standard InChI is InChI=1S/C19H24N2O3/c1-13-6-4-5-7-17(13)21-19(23)10-14(2)20-16-8-9-18(24-3)15(11-16)12-22/h4-9,11,14,20,22H,10,12H2,1-3H3,(H,21,23). The number of rotatable bonds is 7. The van der Waals surface area contributed by atoms with Crippen molar-refractivity contribution in [2.45, 2.75) is 32.9 Å². The van der Waals surface area contributed by atoms with Crippen molar-refractivity contribution in [2.75, 3.05) is 17.7 Å². The number of aryl methyl sites for hydroxylation is 1. The Morgan fingerprint density at radius 1 is 1.25 bits per heavy atom. The first kappa shape index (κ1) is 17.8. The van der Waals surface area contributed by atoms with E-state index in [1.165, 1.54) is 0 Å². The third-order valence-corrected chi connectivity index (χ3v) is 3.77. The van der Waals surface area contributed by atoms with Crippen LogP contribution in [0, 0.1) is 6.92 Å². The Labute approximate surface area is 142 Å². The number of methoxy groups -OCH3 is 1. The van der Waals surface area contributed by atoms with Gasteiger partial charge in [0.05, 0.1) is 13.7 Å². The highest BCUT2D eigenvalue weighted by atomic mass is 16.5. The van der Waals surface area contributed by atoms with Crippen LogP contribution in [0.25, 0.3) is 0 Å². The van der Waals surface area contributed by atoms with Gasteiger partial charge in [-0.2, -0.15) is 0 Å². The average Bonchev–Trinajstić information content (AvgIpc) is 2.56. The summed E-state index contributed by atoms with van der Waals surface area (Å²) in [5.74, 6) is 0.605. The summed E-state index contributed by atoms with van der Waals surface area (Å²) in [6.45, 7) is 3.81. The van der Waals surface area contributed by atoms with Crippen LogP contribution in [0.5, 0.6) is 5.75 Å². The SMILES string of the molecule is COc1ccc(NC(C)CC(=O)Nc2ccccc2C)cc1CO. The molecule has 0 aromatic heterocycles. The lowest BCUT2D eigenvalue weighted by Crippen LogP contribution is -2.24. The van der Waals surface area contributed by atoms with Crippen LogP contribution < -0.4 is 15.4 Å². The van der Waals surface area contributed by atoms with Crippen LogP contribution in [0.1, 0.15) is 24.5 Å². The van der Waals surface area contributed by atoms with Crippen LogP contribution >= 0.6 is 0 Å². The summed E-state index contributed by atoms with van der Waals surface area (Å²) in [6.07, 6.45) is 0.342. The molecule has 2 rings (SSSR count). The summed E-state index contributed by atoms with van der Waals surface area (Å²) < 4.78 is 5.19. The molecular formula is C19H24N2O3. The molecule has 5 heteroatoms. The number of nitrogens with one attached hydrogen (secondary N) is 2. The number of hydrogen-bond donors (Lipinski definition) is 3. The normalized spacial score (nSPS) is 11.7. The van der Waals surface area contributed by atoms with Gasteiger partial charge >= 0.3 is 0 Å². The van der Waals surface area contributed by atoms with Gasteiger partial charge in [-0.3, -0.25) is 4.79 Å². The number of anilines is 2. The first-order valence-corrected chi connectivity index (χ1v) is 7.93. The summed E-state index contributed by atoms with van der Waals surface area (Å²) in [5.41, 5.74) is 3.42. The minimum absolute atomic E-state index is 0.0415. The Morgan fingerprint density at radius 3 is 2.67 bits per heavy atom. The van der Waals surface area contributed by atoms with Crippen LogP contribution in [0.3, 0.4) is 0 Å². The molecule has 0 aliphatic heterocycles. The third kappa shape index (κ3) is 4.73. The van der Waals surface area contributed by atoms with Crippen LogP contribution in [0.2, 0.25) is 0 Å². The van der Waals surface area contributed by atoms with E-state index in [9.17, 15) is 9.90 Å². The topological polar surface area (TPSA) is 70.6 Å². The van der Waals surface area contributed by atoms with E-state index in [1.807, 2.05) is 50.2 Å². The smallest absolute Gasteiger partial charge is 0.226 e. The van der Waals surface area contributed by atoms with E-state index < -0.39 is 0 Å². The second-order valence-corrected chi connectivity index (χ2v) is 5.80. The van der Waals surface area contributed by atoms with Gasteiger partial charge in [0.1, 0.15) is 5.75 Å². The molecule has 0 bridgehead atoms. The molecule has 0 heterocycles. The maximum atomic E-state index is 12.2. The van der Waals surface area contributed by atoms with Crippen molar-refractivity contribution in [2.24, 2.45) is 0 Å². The van der Waals surface area contributed by atoms with Crippen molar-refractivity contribution in [3.8, 4) is 5.75 Å². The Kier molecular flexibility index (Phi) is 6.21. The fourth-order valence-electron chi connectivity index (χ4n) is 2.52. The third-order valence-electron chi connectivity index (χ3n) is 3.77. The zero-order valence-corrected chi connectivity index (χ0v) is 14.3. The average molecular weight is 328 g/mol. The molecule has 1 unspecified atom stereocenters. The number of aliphatic hydroxyl groups is 1. The summed E-state index contributed by atoms with van der Waals surface area (Å²) in [6, 6.07) is 13.1. The first-order chi connectivity index (χ1) is 11.5. The van der Waals surface area contributed by atoms with Gasteiger partial charge < -0.3 is 20.5 Å². The lowest BCUT2D eigenvalue weighted by Gasteiger charge is -2.17. The minimum atomic E-state index is -0.0964. The number of benzene rings is 2. The van der Waals surface area contributed by atoms with Gasteiger partial charge in [0.15, 0.2) is 0 Å². The van der Waals surface area contributed by atoms with Gasteiger partial charge in [-0.15, -0.1) is 0 Å². The van der Waals surface area contributed by atoms with Gasteiger partial charge in [0.2, 0.25) is 5.91 Å². The molecule has 0 radical (unpaired) electrons. The summed E-state index contributed by atoms with van der Waals surface area (Å²) in [7, 11) is 1.57. The van der Waals surface area contributed by atoms with Gasteiger partial charge in [0, 0.05) is 29.4 Å². The van der Waals surface area contributed by atoms with E-state index in [0.717, 1.165) is 16.9 Å². The van der Waals surface area contributed by atoms with Crippen LogP contribution in [-0.2, 0) is 11.4 Å². The monoisotopic (exact) mass is 328 g/mol. The number of carbonyl (C=O) groups excluding carboxylic acids is 1. The second kappa shape index (κ2) is 8.36. The quantitative estimate of drug-likeness (QED) is 0.729. The van der Waals surface area contributed by atoms with Crippen molar-refractivity contribution in [1.82, 2.24) is 0 Å². The van der Waals surface area contributed by atoms with Gasteiger partial charge in [-0.25, -0.2) is 0 Å². The van der Waals surface area contributed by atoms with E-state index >= 15 is 0 Å². The van der Waals surface area contributed by atoms with Crippen molar-refractivity contribution >= 4 is 17.3 Å². The molecule has 2 aromatic carbocycles. The summed E-state index contributed by atoms with van der Waals surface area (Å²) >= 11 is 0. The second-order valence-electron chi connectivity index (χ2n) is 5.80. The predicted octanol–water partition coefficient (Wildman–Crippen LogP) is 3.33. The largest absolute Gasteiger partial charge is 0.496 e. The molecule has 0 fully saturated rings. The van der Waals surface area contributed by atoms with Crippen molar-refractivity contribution < 1.29 is 14.6 Å². The minimum Gasteiger partial charge on any atom is -0.496 e. The summed E-state index contributed by atoms with van der Waals surface area (Å²) in [5, 5.41) is 15.6. The Morgan fingerprint density at radius 2 is 2.00 bits per heavy atom. The molecule has 0 saturated carbocycles. The lowest BCUT2D eigenvalue weighted by atomic mass is 10.1. The van der Waals surface area contributed by atoms with Gasteiger partial charge in [0.25, 0.3) is 0 Å². The fraction of sp³-hybridized carbons (Fsp3) is 0.316. The molecule has 3 N–H and O–H groups in total. The molecule has 5 nitrogen and oxygen atoms in total. The number of para-hydroxylation sites is 1. The molecule has 128 valence electrons. The molecule has 0 spiro atoms. The molecule has 1 atom stereocenters. The number of carbonyl (C=O) groups is 1. The molecule has 24 heavy (non-hydrogen) atoms. The van der Waals surface area contributed by atoms with Crippen LogP contribution in [0.15, 0.2) is 42.5 Å². The Balaban J connectivity index is 1.94. The zero-order chi connectivity index (χ0) is 17.5. The van der Waals surface area contributed by atoms with Gasteiger partial charge in [-0.1, -0.05) is 18.2 Å².